The van der Waals surface area contributed by atoms with E-state index in [0.717, 1.165) is 5.56 Å². The fourth-order valence-corrected chi connectivity index (χ4v) is 4.44. The quantitative estimate of drug-likeness (QED) is 0.256. The number of hydrogen-bond acceptors (Lipinski definition) is 7. The lowest BCUT2D eigenvalue weighted by molar-refractivity contribution is -0.386. The smallest absolute Gasteiger partial charge is 0.410 e. The Labute approximate surface area is 210 Å². The van der Waals surface area contributed by atoms with Crippen LogP contribution in [0, 0.1) is 10.1 Å². The van der Waals surface area contributed by atoms with Gasteiger partial charge in [0.25, 0.3) is 0 Å². The maximum atomic E-state index is 13.1. The molecule has 10 heteroatoms. The van der Waals surface area contributed by atoms with Crippen LogP contribution in [0.1, 0.15) is 54.0 Å². The summed E-state index contributed by atoms with van der Waals surface area (Å²) >= 11 is 0. The molecule has 1 aliphatic rings. The van der Waals surface area contributed by atoms with Crippen LogP contribution in [0.3, 0.4) is 0 Å². The molecule has 1 aromatic rings. The van der Waals surface area contributed by atoms with Crippen molar-refractivity contribution in [2.24, 2.45) is 0 Å². The Morgan fingerprint density at radius 2 is 1.86 bits per heavy atom. The molecule has 1 aromatic carbocycles. The number of hydrogen-bond donors (Lipinski definition) is 0. The van der Waals surface area contributed by atoms with Gasteiger partial charge in [-0.25, -0.2) is 4.79 Å². The molecule has 2 rings (SSSR count). The van der Waals surface area contributed by atoms with Crippen molar-refractivity contribution in [3.63, 3.8) is 0 Å². The number of morpholine rings is 1. The number of para-hydroxylation sites is 1. The number of benzene rings is 1. The average molecular weight is 511 g/mol. The van der Waals surface area contributed by atoms with Crippen molar-refractivity contribution < 1.29 is 28.4 Å². The monoisotopic (exact) mass is 510 g/mol. The molecule has 0 N–H and O–H groups in total. The van der Waals surface area contributed by atoms with Gasteiger partial charge in [-0.05, 0) is 45.3 Å². The lowest BCUT2D eigenvalue weighted by atomic mass is 10.1. The summed E-state index contributed by atoms with van der Waals surface area (Å²) in [5.41, 5.74) is 0.0249. The van der Waals surface area contributed by atoms with E-state index in [1.54, 1.807) is 11.0 Å². The number of ether oxygens (including phenoxy) is 3. The molecule has 1 fully saturated rings. The number of carbonyl (C=O) groups is 1. The van der Waals surface area contributed by atoms with E-state index in [1.807, 2.05) is 33.8 Å². The fraction of sp³-hybridized carbons (Fsp3) is 0.720. The average Bonchev–Trinajstić information content (AvgIpc) is 2.74. The molecule has 0 bridgehead atoms. The fourth-order valence-electron chi connectivity index (χ4n) is 3.40. The van der Waals surface area contributed by atoms with Crippen molar-refractivity contribution in [1.29, 1.82) is 0 Å². The summed E-state index contributed by atoms with van der Waals surface area (Å²) in [6.45, 7) is 19.2. The highest BCUT2D eigenvalue weighted by Gasteiger charge is 2.41. The van der Waals surface area contributed by atoms with Crippen molar-refractivity contribution in [3.8, 4) is 5.75 Å². The second-order valence-electron chi connectivity index (χ2n) is 11.5. The van der Waals surface area contributed by atoms with Gasteiger partial charge in [-0.1, -0.05) is 39.8 Å². The Balaban J connectivity index is 2.17. The molecule has 1 saturated heterocycles. The number of nitro groups is 1. The highest BCUT2D eigenvalue weighted by molar-refractivity contribution is 6.74. The first-order valence-corrected chi connectivity index (χ1v) is 15.1. The van der Waals surface area contributed by atoms with E-state index in [9.17, 15) is 14.9 Å². The molecule has 1 aliphatic heterocycles. The largest absolute Gasteiger partial charge is 0.484 e. The summed E-state index contributed by atoms with van der Waals surface area (Å²) in [6, 6.07) is 4.59. The van der Waals surface area contributed by atoms with E-state index >= 15 is 0 Å². The summed E-state index contributed by atoms with van der Waals surface area (Å²) in [6.07, 6.45) is -0.301. The minimum atomic E-state index is -2.03. The first-order valence-electron chi connectivity index (χ1n) is 12.2. The van der Waals surface area contributed by atoms with Gasteiger partial charge in [-0.3, -0.25) is 15.0 Å². The van der Waals surface area contributed by atoms with Crippen LogP contribution in [-0.4, -0.2) is 68.3 Å². The van der Waals surface area contributed by atoms with Crippen LogP contribution in [-0.2, 0) is 20.3 Å². The zero-order valence-electron chi connectivity index (χ0n) is 22.7. The zero-order chi connectivity index (χ0) is 26.6. The van der Waals surface area contributed by atoms with Gasteiger partial charge in [0.15, 0.2) is 14.1 Å². The van der Waals surface area contributed by atoms with E-state index in [0.29, 0.717) is 13.0 Å². The number of rotatable bonds is 8. The molecule has 35 heavy (non-hydrogen) atoms. The summed E-state index contributed by atoms with van der Waals surface area (Å²) in [5.74, 6) is 0.246. The van der Waals surface area contributed by atoms with Gasteiger partial charge in [0.05, 0.1) is 30.7 Å². The Morgan fingerprint density at radius 1 is 1.20 bits per heavy atom. The number of amides is 1. The molecule has 2 atom stereocenters. The molecule has 0 radical (unpaired) electrons. The number of nitro benzene ring substituents is 1. The van der Waals surface area contributed by atoms with Crippen LogP contribution in [0.25, 0.3) is 0 Å². The third-order valence-electron chi connectivity index (χ3n) is 6.50. The molecule has 0 aliphatic carbocycles. The van der Waals surface area contributed by atoms with Crippen LogP contribution in [0.15, 0.2) is 18.2 Å². The van der Waals surface area contributed by atoms with Crippen molar-refractivity contribution in [3.05, 3.63) is 33.9 Å². The Morgan fingerprint density at radius 3 is 2.40 bits per heavy atom. The van der Waals surface area contributed by atoms with Crippen LogP contribution in [0.5, 0.6) is 5.75 Å². The maximum absolute atomic E-state index is 13.1. The molecule has 9 nitrogen and oxygen atoms in total. The van der Waals surface area contributed by atoms with Crippen LogP contribution < -0.4 is 4.74 Å². The summed E-state index contributed by atoms with van der Waals surface area (Å²) in [4.78, 5) is 25.8. The van der Waals surface area contributed by atoms with Crippen molar-refractivity contribution >= 4 is 20.1 Å². The molecule has 1 heterocycles. The summed E-state index contributed by atoms with van der Waals surface area (Å²) < 4.78 is 24.0. The normalized spacial score (nSPS) is 19.4. The van der Waals surface area contributed by atoms with Gasteiger partial charge in [-0.2, -0.15) is 0 Å². The third kappa shape index (κ3) is 7.91. The minimum absolute atomic E-state index is 0.0387. The third-order valence-corrected chi connectivity index (χ3v) is 11.0. The molecule has 198 valence electrons. The molecule has 0 spiro atoms. The first kappa shape index (κ1) is 29.1. The van der Waals surface area contributed by atoms with Crippen LogP contribution in [0.2, 0.25) is 18.1 Å². The van der Waals surface area contributed by atoms with E-state index < -0.39 is 31.0 Å². The van der Waals surface area contributed by atoms with Gasteiger partial charge >= 0.3 is 11.8 Å². The molecular weight excluding hydrogens is 468 g/mol. The predicted octanol–water partition coefficient (Wildman–Crippen LogP) is 5.56. The van der Waals surface area contributed by atoms with Gasteiger partial charge in [0.2, 0.25) is 0 Å². The first-order chi connectivity index (χ1) is 16.1. The van der Waals surface area contributed by atoms with Crippen molar-refractivity contribution in [1.82, 2.24) is 4.90 Å². The highest BCUT2D eigenvalue weighted by atomic mass is 28.4. The Hall–Kier alpha value is -2.17. The molecule has 0 aromatic heterocycles. The lowest BCUT2D eigenvalue weighted by Crippen LogP contribution is -2.57. The van der Waals surface area contributed by atoms with E-state index in [-0.39, 0.29) is 42.3 Å². The molecule has 0 unspecified atom stereocenters. The maximum Gasteiger partial charge on any atom is 0.410 e. The van der Waals surface area contributed by atoms with Crippen LogP contribution in [0.4, 0.5) is 10.5 Å². The van der Waals surface area contributed by atoms with Gasteiger partial charge < -0.3 is 18.6 Å². The minimum Gasteiger partial charge on any atom is -0.484 e. The number of nitrogens with zero attached hydrogens (tertiary/aromatic N) is 2. The van der Waals surface area contributed by atoms with Crippen molar-refractivity contribution in [2.45, 2.75) is 90.8 Å². The predicted molar refractivity (Wildman–Crippen MR) is 138 cm³/mol. The summed E-state index contributed by atoms with van der Waals surface area (Å²) in [5, 5.41) is 11.5. The second-order valence-corrected chi connectivity index (χ2v) is 16.3. The highest BCUT2D eigenvalue weighted by Crippen LogP contribution is 2.37. The summed E-state index contributed by atoms with van der Waals surface area (Å²) in [7, 11) is -2.03. The second kappa shape index (κ2) is 11.3. The molecule has 1 amide bonds. The SMILES string of the molecule is CCc1cccc([N+](=O)[O-])c1OC[C@@H]1CN(C(=O)OC(C)(C)C)[C@H](CO[Si](C)(C)C(C)(C)C)CO1. The van der Waals surface area contributed by atoms with Gasteiger partial charge in [-0.15, -0.1) is 0 Å². The van der Waals surface area contributed by atoms with E-state index in [4.69, 9.17) is 18.6 Å². The number of carbonyl (C=O) groups excluding carboxylic acids is 1. The number of aryl methyl sites for hydroxylation is 1. The van der Waals surface area contributed by atoms with E-state index in [2.05, 4.69) is 33.9 Å². The Bertz CT molecular complexity index is 893. The lowest BCUT2D eigenvalue weighted by Gasteiger charge is -2.42. The van der Waals surface area contributed by atoms with Crippen molar-refractivity contribution in [2.75, 3.05) is 26.4 Å². The van der Waals surface area contributed by atoms with Crippen LogP contribution >= 0.6 is 0 Å². The van der Waals surface area contributed by atoms with Gasteiger partial charge in [0, 0.05) is 11.6 Å². The molecule has 0 saturated carbocycles. The standard InChI is InChI=1S/C25H42N2O7Si/c1-10-18-12-11-13-21(27(29)30)22(18)32-17-20-14-26(23(28)34-24(2,3)4)19(15-31-20)16-33-35(8,9)25(5,6)7/h11-13,19-20H,10,14-17H2,1-9H3/t19-,20-/m0/s1. The molecular formula is C25H42N2O7Si. The topological polar surface area (TPSA) is 100 Å². The van der Waals surface area contributed by atoms with Gasteiger partial charge in [0.1, 0.15) is 18.3 Å². The van der Waals surface area contributed by atoms with E-state index in [1.165, 1.54) is 6.07 Å². The zero-order valence-corrected chi connectivity index (χ0v) is 23.7. The Kier molecular flexibility index (Phi) is 9.35.